The van der Waals surface area contributed by atoms with Crippen molar-refractivity contribution in [2.75, 3.05) is 16.4 Å². The average molecular weight is 963 g/mol. The molecule has 10 nitrogen and oxygen atoms in total. The Balaban J connectivity index is 0.000000316. The van der Waals surface area contributed by atoms with E-state index >= 15 is 0 Å². The minimum absolute atomic E-state index is 0.154. The number of rotatable bonds is 6. The Kier molecular flexibility index (Phi) is 22.4. The molecule has 0 heterocycles. The summed E-state index contributed by atoms with van der Waals surface area (Å²) < 4.78 is 5.24. The average Bonchev–Trinajstić information content (AvgIpc) is 3.20. The van der Waals surface area contributed by atoms with Crippen LogP contribution in [0.5, 0.6) is 0 Å². The van der Waals surface area contributed by atoms with Gasteiger partial charge in [-0.1, -0.05) is 88.5 Å². The van der Waals surface area contributed by atoms with Gasteiger partial charge in [-0.3, -0.25) is 19.7 Å². The van der Waals surface area contributed by atoms with Gasteiger partial charge in [0.25, 0.3) is 16.4 Å². The van der Waals surface area contributed by atoms with Gasteiger partial charge in [-0.2, -0.15) is 0 Å². The van der Waals surface area contributed by atoms with Crippen LogP contribution in [0.25, 0.3) is 0 Å². The van der Waals surface area contributed by atoms with Gasteiger partial charge in [0.15, 0.2) is 0 Å². The molecule has 0 aliphatic rings. The highest BCUT2D eigenvalue weighted by Crippen LogP contribution is 2.23. The van der Waals surface area contributed by atoms with Crippen molar-refractivity contribution in [1.29, 1.82) is 0 Å². The molecule has 5 N–H and O–H groups in total. The molecular weight excluding hydrogens is 898 g/mol. The number of benzene rings is 6. The summed E-state index contributed by atoms with van der Waals surface area (Å²) in [6, 6.07) is 33.5. The molecule has 0 atom stereocenters. The van der Waals surface area contributed by atoms with Gasteiger partial charge in [-0.15, -0.1) is 0 Å². The van der Waals surface area contributed by atoms with Crippen LogP contribution in [0.4, 0.5) is 21.9 Å². The topological polar surface area (TPSA) is 165 Å². The Hall–Kier alpha value is -6.75. The number of anilines is 3. The van der Waals surface area contributed by atoms with E-state index in [9.17, 15) is 24.0 Å². The lowest BCUT2D eigenvalue weighted by atomic mass is 10.0. The Morgan fingerprint density at radius 2 is 0.838 bits per heavy atom. The highest BCUT2D eigenvalue weighted by Gasteiger charge is 2.17. The molecule has 0 radical (unpaired) electrons. The Morgan fingerprint density at radius 3 is 1.16 bits per heavy atom. The number of nitrogens with one attached hydrogen (secondary N) is 2. The maximum absolute atomic E-state index is 12.5. The van der Waals surface area contributed by atoms with E-state index in [2.05, 4.69) is 23.6 Å². The normalized spacial score (nSPS) is 10.2. The molecule has 2 amide bonds. The molecule has 6 aromatic carbocycles. The van der Waals surface area contributed by atoms with Crippen molar-refractivity contribution in [3.63, 3.8) is 0 Å². The SMILES string of the molecule is Cc1ccc(C(=O)Cl)c(C)c1.Cc1ccc(C(=O)Cl)c(C)c1.Cc1ccc(C(=O)Nc2ccc(NC(=O)OC(C)(C)C)cc2C)c(C)c1.Cc1ccc(C(=O)O)c(C)c1.Cc1ccc(N)c(C)c1. The van der Waals surface area contributed by atoms with Crippen molar-refractivity contribution in [3.05, 3.63) is 193 Å². The molecular formula is C56H65Cl2N3O7. The zero-order valence-electron chi connectivity index (χ0n) is 41.6. The smallest absolute Gasteiger partial charge is 0.412 e. The second-order valence-electron chi connectivity index (χ2n) is 17.6. The zero-order chi connectivity index (χ0) is 51.6. The van der Waals surface area contributed by atoms with Gasteiger partial charge < -0.3 is 20.9 Å². The summed E-state index contributed by atoms with van der Waals surface area (Å²) in [6.45, 7) is 26.8. The molecule has 0 aliphatic heterocycles. The number of halogens is 2. The summed E-state index contributed by atoms with van der Waals surface area (Å²) in [5, 5.41) is 13.5. The van der Waals surface area contributed by atoms with Gasteiger partial charge in [-0.05, 0) is 202 Å². The van der Waals surface area contributed by atoms with Crippen LogP contribution in [-0.2, 0) is 4.74 Å². The van der Waals surface area contributed by atoms with E-state index in [1.807, 2.05) is 144 Å². The van der Waals surface area contributed by atoms with Crippen molar-refractivity contribution in [1.82, 2.24) is 0 Å². The first-order valence-electron chi connectivity index (χ1n) is 21.7. The molecule has 0 unspecified atom stereocenters. The Labute approximate surface area is 412 Å². The second kappa shape index (κ2) is 26.6. The third-order valence-corrected chi connectivity index (χ3v) is 10.4. The van der Waals surface area contributed by atoms with Gasteiger partial charge in [0.05, 0.1) is 5.56 Å². The quantitative estimate of drug-likeness (QED) is 0.0946. The van der Waals surface area contributed by atoms with Gasteiger partial charge >= 0.3 is 12.1 Å². The Bertz CT molecular complexity index is 2610. The number of aryl methyl sites for hydroxylation is 11. The van der Waals surface area contributed by atoms with Crippen LogP contribution in [0.3, 0.4) is 0 Å². The summed E-state index contributed by atoms with van der Waals surface area (Å²) in [5.41, 5.74) is 20.8. The molecule has 0 aromatic heterocycles. The fraction of sp³-hybridized carbons (Fsp3) is 0.268. The van der Waals surface area contributed by atoms with Crippen molar-refractivity contribution < 1.29 is 33.8 Å². The molecule has 6 aromatic rings. The maximum Gasteiger partial charge on any atom is 0.412 e. The zero-order valence-corrected chi connectivity index (χ0v) is 43.1. The van der Waals surface area contributed by atoms with Crippen molar-refractivity contribution in [3.8, 4) is 0 Å². The number of carbonyl (C=O) groups excluding carboxylic acids is 4. The predicted molar refractivity (Wildman–Crippen MR) is 280 cm³/mol. The van der Waals surface area contributed by atoms with Crippen LogP contribution in [0.2, 0.25) is 0 Å². The van der Waals surface area contributed by atoms with E-state index in [0.29, 0.717) is 33.6 Å². The third kappa shape index (κ3) is 20.0. The first-order chi connectivity index (χ1) is 31.6. The fourth-order valence-corrected chi connectivity index (χ4v) is 6.93. The summed E-state index contributed by atoms with van der Waals surface area (Å²) >= 11 is 10.6. The molecule has 6 rings (SSSR count). The lowest BCUT2D eigenvalue weighted by Crippen LogP contribution is -2.27. The number of ether oxygens (including phenoxy) is 1. The number of hydrogen-bond donors (Lipinski definition) is 4. The summed E-state index contributed by atoms with van der Waals surface area (Å²) in [4.78, 5) is 56.4. The summed E-state index contributed by atoms with van der Waals surface area (Å²) in [6.07, 6.45) is -0.510. The first kappa shape index (κ1) is 57.4. The largest absolute Gasteiger partial charge is 0.478 e. The molecule has 0 aliphatic carbocycles. The molecule has 360 valence electrons. The van der Waals surface area contributed by atoms with Crippen molar-refractivity contribution >= 4 is 68.7 Å². The van der Waals surface area contributed by atoms with Crippen LogP contribution < -0.4 is 16.4 Å². The van der Waals surface area contributed by atoms with Crippen molar-refractivity contribution in [2.45, 2.75) is 103 Å². The molecule has 0 saturated heterocycles. The molecule has 0 fully saturated rings. The number of nitrogen functional groups attached to an aromatic ring is 1. The third-order valence-electron chi connectivity index (χ3n) is 9.97. The first-order valence-corrected chi connectivity index (χ1v) is 22.5. The van der Waals surface area contributed by atoms with E-state index in [-0.39, 0.29) is 16.4 Å². The summed E-state index contributed by atoms with van der Waals surface area (Å²) in [5.74, 6) is -1.01. The molecule has 12 heteroatoms. The van der Waals surface area contributed by atoms with Crippen LogP contribution >= 0.6 is 23.2 Å². The van der Waals surface area contributed by atoms with E-state index < -0.39 is 17.7 Å². The van der Waals surface area contributed by atoms with Crippen molar-refractivity contribution in [2.24, 2.45) is 0 Å². The maximum atomic E-state index is 12.5. The van der Waals surface area contributed by atoms with Gasteiger partial charge in [0.2, 0.25) is 0 Å². The van der Waals surface area contributed by atoms with Gasteiger partial charge in [0.1, 0.15) is 5.60 Å². The number of amides is 2. The minimum atomic E-state index is -0.859. The molecule has 0 spiro atoms. The second-order valence-corrected chi connectivity index (χ2v) is 18.3. The van der Waals surface area contributed by atoms with E-state index in [0.717, 1.165) is 61.3 Å². The minimum Gasteiger partial charge on any atom is -0.478 e. The van der Waals surface area contributed by atoms with Gasteiger partial charge in [-0.25, -0.2) is 9.59 Å². The fourth-order valence-electron chi connectivity index (χ4n) is 6.51. The van der Waals surface area contributed by atoms with Crippen LogP contribution in [0.1, 0.15) is 123 Å². The number of carboxylic acids is 1. The molecule has 0 bridgehead atoms. The number of carboxylic acid groups (broad SMARTS) is 1. The number of nitrogens with two attached hydrogens (primary N) is 1. The predicted octanol–water partition coefficient (Wildman–Crippen LogP) is 14.5. The highest BCUT2D eigenvalue weighted by molar-refractivity contribution is 6.68. The number of carbonyl (C=O) groups is 5. The molecule has 68 heavy (non-hydrogen) atoms. The van der Waals surface area contributed by atoms with Gasteiger partial charge in [0, 0.05) is 33.8 Å². The van der Waals surface area contributed by atoms with E-state index in [4.69, 9.17) is 38.8 Å². The summed E-state index contributed by atoms with van der Waals surface area (Å²) in [7, 11) is 0. The lowest BCUT2D eigenvalue weighted by molar-refractivity contribution is 0.0633. The monoisotopic (exact) mass is 961 g/mol. The van der Waals surface area contributed by atoms with E-state index in [1.165, 1.54) is 5.56 Å². The van der Waals surface area contributed by atoms with Crippen LogP contribution in [-0.4, -0.2) is 39.2 Å². The highest BCUT2D eigenvalue weighted by atomic mass is 35.5. The number of aromatic carboxylic acids is 1. The standard InChI is InChI=1S/C21H26N2O3.2C9H9ClO.C9H10O2.C8H11N/c1-13-7-9-17(14(2)11-13)19(24)23-18-10-8-16(12-15(18)3)22-20(25)26-21(4,5)6;3*1-6-3-4-8(9(10)11)7(2)5-6;1-6-3-4-8(9)7(2)5-6/h7-12H,1-6H3,(H,22,25)(H,23,24);2*3-5H,1-2H3;3-5H,1-2H3,(H,10,11);3-5H,9H2,1-2H3. The molecule has 0 saturated carbocycles. The van der Waals surface area contributed by atoms with Crippen LogP contribution in [0.15, 0.2) is 109 Å². The lowest BCUT2D eigenvalue weighted by Gasteiger charge is -2.20. The number of hydrogen-bond acceptors (Lipinski definition) is 7. The Morgan fingerprint density at radius 1 is 0.471 bits per heavy atom. The van der Waals surface area contributed by atoms with Crippen LogP contribution in [0, 0.1) is 76.2 Å². The van der Waals surface area contributed by atoms with E-state index in [1.54, 1.807) is 49.4 Å².